The standard InChI is InChI=1S/C12H13NO3/c1-2-13-7-9-6-8-4-3-5-10(12(14)15)11(8)16-9/h3-6,13H,2,7H2,1H3,(H,14,15). The largest absolute Gasteiger partial charge is 0.478 e. The van der Waals surface area contributed by atoms with Gasteiger partial charge < -0.3 is 14.8 Å². The van der Waals surface area contributed by atoms with Crippen LogP contribution in [0.1, 0.15) is 23.0 Å². The first kappa shape index (κ1) is 10.7. The van der Waals surface area contributed by atoms with Gasteiger partial charge in [-0.1, -0.05) is 19.1 Å². The van der Waals surface area contributed by atoms with E-state index < -0.39 is 5.97 Å². The molecule has 16 heavy (non-hydrogen) atoms. The van der Waals surface area contributed by atoms with Gasteiger partial charge in [0.15, 0.2) is 0 Å². The van der Waals surface area contributed by atoms with E-state index in [1.807, 2.05) is 19.1 Å². The minimum atomic E-state index is -0.963. The molecule has 2 N–H and O–H groups in total. The molecule has 0 saturated carbocycles. The van der Waals surface area contributed by atoms with Gasteiger partial charge in [-0.3, -0.25) is 0 Å². The minimum Gasteiger partial charge on any atom is -0.478 e. The van der Waals surface area contributed by atoms with Crippen LogP contribution in [0.25, 0.3) is 11.0 Å². The Morgan fingerprint density at radius 2 is 2.31 bits per heavy atom. The predicted molar refractivity (Wildman–Crippen MR) is 60.6 cm³/mol. The summed E-state index contributed by atoms with van der Waals surface area (Å²) in [5, 5.41) is 13.0. The van der Waals surface area contributed by atoms with E-state index in [-0.39, 0.29) is 5.56 Å². The van der Waals surface area contributed by atoms with E-state index in [2.05, 4.69) is 5.32 Å². The topological polar surface area (TPSA) is 62.5 Å². The summed E-state index contributed by atoms with van der Waals surface area (Å²) < 4.78 is 5.52. The molecule has 0 saturated heterocycles. The van der Waals surface area contributed by atoms with Crippen molar-refractivity contribution in [2.45, 2.75) is 13.5 Å². The van der Waals surface area contributed by atoms with Gasteiger partial charge in [0, 0.05) is 5.39 Å². The van der Waals surface area contributed by atoms with Gasteiger partial charge in [-0.15, -0.1) is 0 Å². The quantitative estimate of drug-likeness (QED) is 0.827. The molecule has 0 unspecified atom stereocenters. The second-order valence-electron chi connectivity index (χ2n) is 3.52. The maximum Gasteiger partial charge on any atom is 0.339 e. The zero-order valence-electron chi connectivity index (χ0n) is 8.99. The van der Waals surface area contributed by atoms with Crippen LogP contribution in [0.4, 0.5) is 0 Å². The molecule has 0 spiro atoms. The normalized spacial score (nSPS) is 10.8. The Hall–Kier alpha value is -1.81. The van der Waals surface area contributed by atoms with Gasteiger partial charge in [0.2, 0.25) is 0 Å². The molecular weight excluding hydrogens is 206 g/mol. The molecule has 1 aromatic heterocycles. The summed E-state index contributed by atoms with van der Waals surface area (Å²) in [4.78, 5) is 11.0. The first-order valence-electron chi connectivity index (χ1n) is 5.18. The molecule has 0 radical (unpaired) electrons. The molecule has 0 amide bonds. The van der Waals surface area contributed by atoms with E-state index in [9.17, 15) is 4.79 Å². The van der Waals surface area contributed by atoms with Crippen LogP contribution in [0.3, 0.4) is 0 Å². The van der Waals surface area contributed by atoms with Gasteiger partial charge in [0.05, 0.1) is 6.54 Å². The van der Waals surface area contributed by atoms with Crippen LogP contribution in [0, 0.1) is 0 Å². The summed E-state index contributed by atoms with van der Waals surface area (Å²) in [7, 11) is 0. The van der Waals surface area contributed by atoms with Crippen LogP contribution in [0.15, 0.2) is 28.7 Å². The fraction of sp³-hybridized carbons (Fsp3) is 0.250. The first-order chi connectivity index (χ1) is 7.72. The molecule has 4 heteroatoms. The smallest absolute Gasteiger partial charge is 0.339 e. The number of carbonyl (C=O) groups is 1. The molecule has 1 aromatic carbocycles. The van der Waals surface area contributed by atoms with Crippen molar-refractivity contribution in [2.75, 3.05) is 6.54 Å². The van der Waals surface area contributed by atoms with Gasteiger partial charge >= 0.3 is 5.97 Å². The lowest BCUT2D eigenvalue weighted by molar-refractivity contribution is 0.0698. The van der Waals surface area contributed by atoms with Crippen molar-refractivity contribution in [3.05, 3.63) is 35.6 Å². The summed E-state index contributed by atoms with van der Waals surface area (Å²) in [5.74, 6) is -0.208. The zero-order chi connectivity index (χ0) is 11.5. The number of aromatic carboxylic acids is 1. The van der Waals surface area contributed by atoms with Gasteiger partial charge in [-0.2, -0.15) is 0 Å². The van der Waals surface area contributed by atoms with Gasteiger partial charge in [-0.25, -0.2) is 4.79 Å². The van der Waals surface area contributed by atoms with Crippen molar-refractivity contribution in [1.29, 1.82) is 0 Å². The fourth-order valence-corrected chi connectivity index (χ4v) is 1.62. The van der Waals surface area contributed by atoms with Gasteiger partial charge in [0.25, 0.3) is 0 Å². The monoisotopic (exact) mass is 219 g/mol. The number of carboxylic acid groups (broad SMARTS) is 1. The lowest BCUT2D eigenvalue weighted by Gasteiger charge is -1.96. The summed E-state index contributed by atoms with van der Waals surface area (Å²) >= 11 is 0. The Morgan fingerprint density at radius 1 is 1.50 bits per heavy atom. The van der Waals surface area contributed by atoms with Crippen LogP contribution in [0.5, 0.6) is 0 Å². The highest BCUT2D eigenvalue weighted by atomic mass is 16.4. The molecule has 0 aliphatic carbocycles. The molecule has 2 aromatic rings. The predicted octanol–water partition coefficient (Wildman–Crippen LogP) is 2.24. The van der Waals surface area contributed by atoms with Crippen molar-refractivity contribution in [2.24, 2.45) is 0 Å². The van der Waals surface area contributed by atoms with E-state index in [0.29, 0.717) is 12.1 Å². The van der Waals surface area contributed by atoms with E-state index in [1.54, 1.807) is 12.1 Å². The molecule has 4 nitrogen and oxygen atoms in total. The average Bonchev–Trinajstić information content (AvgIpc) is 2.68. The van der Waals surface area contributed by atoms with Crippen molar-refractivity contribution in [3.63, 3.8) is 0 Å². The van der Waals surface area contributed by atoms with Crippen molar-refractivity contribution in [3.8, 4) is 0 Å². The number of fused-ring (bicyclic) bond motifs is 1. The molecule has 84 valence electrons. The van der Waals surface area contributed by atoms with E-state index >= 15 is 0 Å². The van der Waals surface area contributed by atoms with Crippen molar-refractivity contribution >= 4 is 16.9 Å². The van der Waals surface area contributed by atoms with Crippen LogP contribution >= 0.6 is 0 Å². The zero-order valence-corrected chi connectivity index (χ0v) is 8.99. The Balaban J connectivity index is 2.44. The number of rotatable bonds is 4. The van der Waals surface area contributed by atoms with Crippen LogP contribution in [-0.2, 0) is 6.54 Å². The number of carboxylic acids is 1. The molecule has 0 fully saturated rings. The molecular formula is C12H13NO3. The maximum atomic E-state index is 11.0. The highest BCUT2D eigenvalue weighted by Gasteiger charge is 2.12. The number of furan rings is 1. The lowest BCUT2D eigenvalue weighted by Crippen LogP contribution is -2.10. The number of nitrogens with one attached hydrogen (secondary N) is 1. The third-order valence-electron chi connectivity index (χ3n) is 2.37. The highest BCUT2D eigenvalue weighted by molar-refractivity contribution is 6.01. The average molecular weight is 219 g/mol. The van der Waals surface area contributed by atoms with E-state index in [1.165, 1.54) is 0 Å². The second-order valence-corrected chi connectivity index (χ2v) is 3.52. The van der Waals surface area contributed by atoms with Crippen molar-refractivity contribution in [1.82, 2.24) is 5.32 Å². The molecule has 0 bridgehead atoms. The summed E-state index contributed by atoms with van der Waals surface area (Å²) in [6, 6.07) is 6.98. The molecule has 0 atom stereocenters. The SMILES string of the molecule is CCNCc1cc2cccc(C(=O)O)c2o1. The molecule has 2 rings (SSSR count). The molecule has 0 aliphatic rings. The molecule has 1 heterocycles. The fourth-order valence-electron chi connectivity index (χ4n) is 1.62. The Morgan fingerprint density at radius 3 is 3.00 bits per heavy atom. The Kier molecular flexibility index (Phi) is 2.92. The number of hydrogen-bond acceptors (Lipinski definition) is 3. The maximum absolute atomic E-state index is 11.0. The summed E-state index contributed by atoms with van der Waals surface area (Å²) in [6.45, 7) is 3.47. The third-order valence-corrected chi connectivity index (χ3v) is 2.37. The highest BCUT2D eigenvalue weighted by Crippen LogP contribution is 2.23. The van der Waals surface area contributed by atoms with Gasteiger partial charge in [-0.05, 0) is 18.7 Å². The first-order valence-corrected chi connectivity index (χ1v) is 5.18. The minimum absolute atomic E-state index is 0.209. The third kappa shape index (κ3) is 1.92. The van der Waals surface area contributed by atoms with E-state index in [4.69, 9.17) is 9.52 Å². The van der Waals surface area contributed by atoms with E-state index in [0.717, 1.165) is 17.7 Å². The molecule has 0 aliphatic heterocycles. The number of para-hydroxylation sites is 1. The van der Waals surface area contributed by atoms with Crippen LogP contribution in [0.2, 0.25) is 0 Å². The Bertz CT molecular complexity index is 516. The van der Waals surface area contributed by atoms with Crippen LogP contribution < -0.4 is 5.32 Å². The summed E-state index contributed by atoms with van der Waals surface area (Å²) in [6.07, 6.45) is 0. The lowest BCUT2D eigenvalue weighted by atomic mass is 10.1. The van der Waals surface area contributed by atoms with Gasteiger partial charge in [0.1, 0.15) is 16.9 Å². The van der Waals surface area contributed by atoms with Crippen LogP contribution in [-0.4, -0.2) is 17.6 Å². The Labute approximate surface area is 92.9 Å². The number of benzene rings is 1. The van der Waals surface area contributed by atoms with Crippen molar-refractivity contribution < 1.29 is 14.3 Å². The summed E-state index contributed by atoms with van der Waals surface area (Å²) in [5.41, 5.74) is 0.656. The number of hydrogen-bond donors (Lipinski definition) is 2. The second kappa shape index (κ2) is 4.37.